The second kappa shape index (κ2) is 5.83. The van der Waals surface area contributed by atoms with Crippen LogP contribution in [0.25, 0.3) is 22.4 Å². The van der Waals surface area contributed by atoms with Crippen molar-refractivity contribution in [2.45, 2.75) is 0 Å². The molecule has 0 saturated carbocycles. The van der Waals surface area contributed by atoms with Gasteiger partial charge in [-0.25, -0.2) is 0 Å². The normalized spacial score (nSPS) is 10.8. The Morgan fingerprint density at radius 3 is 2.62 bits per heavy atom. The van der Waals surface area contributed by atoms with Crippen LogP contribution < -0.4 is 5.73 Å². The first-order valence-electron chi connectivity index (χ1n) is 6.12. The average molecular weight is 428 g/mol. The number of nitrogen functional groups attached to an aromatic ring is 1. The molecule has 106 valence electrons. The van der Waals surface area contributed by atoms with Crippen molar-refractivity contribution in [1.82, 2.24) is 10.2 Å². The van der Waals surface area contributed by atoms with E-state index in [1.54, 1.807) is 0 Å². The first kappa shape index (κ1) is 14.6. The Morgan fingerprint density at radius 1 is 1.10 bits per heavy atom. The molecule has 0 bridgehead atoms. The molecule has 0 radical (unpaired) electrons. The lowest BCUT2D eigenvalue weighted by atomic mass is 10.0. The summed E-state index contributed by atoms with van der Waals surface area (Å²) < 4.78 is 1.81. The van der Waals surface area contributed by atoms with Crippen molar-refractivity contribution in [1.29, 1.82) is 0 Å². The molecule has 21 heavy (non-hydrogen) atoms. The summed E-state index contributed by atoms with van der Waals surface area (Å²) in [5, 5.41) is 7.74. The smallest absolute Gasteiger partial charge is 0.153 e. The minimum Gasteiger partial charge on any atom is -0.382 e. The highest BCUT2D eigenvalue weighted by molar-refractivity contribution is 9.10. The second-order valence-corrected chi connectivity index (χ2v) is 6.62. The van der Waals surface area contributed by atoms with Crippen LogP contribution in [0.2, 0.25) is 5.02 Å². The molecule has 6 heteroatoms. The summed E-state index contributed by atoms with van der Waals surface area (Å²) in [7, 11) is 0. The van der Waals surface area contributed by atoms with Crippen molar-refractivity contribution in [3.8, 4) is 22.4 Å². The van der Waals surface area contributed by atoms with E-state index in [2.05, 4.69) is 42.1 Å². The van der Waals surface area contributed by atoms with Crippen LogP contribution in [-0.4, -0.2) is 10.2 Å². The Morgan fingerprint density at radius 2 is 1.86 bits per heavy atom. The van der Waals surface area contributed by atoms with Gasteiger partial charge in [0.05, 0.1) is 16.3 Å². The predicted molar refractivity (Wildman–Crippen MR) is 94.3 cm³/mol. The van der Waals surface area contributed by atoms with Gasteiger partial charge in [0.2, 0.25) is 0 Å². The molecule has 1 heterocycles. The number of nitrogens with one attached hydrogen (secondary N) is 1. The molecule has 1 aromatic heterocycles. The molecule has 0 fully saturated rings. The molecule has 3 aromatic rings. The molecule has 0 aliphatic heterocycles. The fourth-order valence-electron chi connectivity index (χ4n) is 2.18. The maximum atomic E-state index is 6.38. The van der Waals surface area contributed by atoms with E-state index >= 15 is 0 Å². The third kappa shape index (κ3) is 2.73. The number of H-pyrrole nitrogens is 1. The van der Waals surface area contributed by atoms with Gasteiger partial charge in [-0.3, -0.25) is 5.10 Å². The summed E-state index contributed by atoms with van der Waals surface area (Å²) in [6, 6.07) is 13.7. The maximum absolute atomic E-state index is 6.38. The largest absolute Gasteiger partial charge is 0.382 e. The van der Waals surface area contributed by atoms with Gasteiger partial charge >= 0.3 is 0 Å². The van der Waals surface area contributed by atoms with Gasteiger partial charge in [-0.1, -0.05) is 51.8 Å². The highest BCUT2D eigenvalue weighted by atomic mass is 79.9. The summed E-state index contributed by atoms with van der Waals surface area (Å²) in [6.07, 6.45) is 0. The summed E-state index contributed by atoms with van der Waals surface area (Å²) in [5.41, 5.74) is 9.51. The van der Waals surface area contributed by atoms with E-state index in [0.717, 1.165) is 31.3 Å². The number of hydrogen-bond donors (Lipinski definition) is 2. The third-order valence-electron chi connectivity index (χ3n) is 3.13. The van der Waals surface area contributed by atoms with Crippen LogP contribution in [0.1, 0.15) is 0 Å². The van der Waals surface area contributed by atoms with Crippen molar-refractivity contribution in [2.75, 3.05) is 5.73 Å². The summed E-state index contributed by atoms with van der Waals surface area (Å²) in [6.45, 7) is 0. The number of nitrogens with two attached hydrogens (primary N) is 1. The standard InChI is InChI=1S/C15H10Br2ClN3/c16-9-4-1-3-8(7-9)12-14(20-21-15(12)19)10-5-2-6-11(17)13(10)18/h1-7H,(H3,19,20,21). The molecule has 0 unspecified atom stereocenters. The number of halogens is 3. The lowest BCUT2D eigenvalue weighted by Crippen LogP contribution is -1.89. The van der Waals surface area contributed by atoms with Crippen LogP contribution in [0.15, 0.2) is 51.4 Å². The Kier molecular flexibility index (Phi) is 4.06. The highest BCUT2D eigenvalue weighted by Crippen LogP contribution is 2.40. The zero-order valence-corrected chi connectivity index (χ0v) is 14.6. The Hall–Kier alpha value is -1.30. The number of aromatic amines is 1. The topological polar surface area (TPSA) is 54.7 Å². The van der Waals surface area contributed by atoms with E-state index in [1.165, 1.54) is 0 Å². The minimum absolute atomic E-state index is 0.444. The van der Waals surface area contributed by atoms with Crippen LogP contribution in [0, 0.1) is 0 Å². The van der Waals surface area contributed by atoms with Gasteiger partial charge in [-0.2, -0.15) is 5.10 Å². The monoisotopic (exact) mass is 425 g/mol. The molecular weight excluding hydrogens is 417 g/mol. The number of benzene rings is 2. The fraction of sp³-hybridized carbons (Fsp3) is 0. The van der Waals surface area contributed by atoms with E-state index in [0.29, 0.717) is 10.8 Å². The zero-order valence-electron chi connectivity index (χ0n) is 10.7. The van der Waals surface area contributed by atoms with Gasteiger partial charge in [0.15, 0.2) is 5.82 Å². The molecule has 0 amide bonds. The lowest BCUT2D eigenvalue weighted by Gasteiger charge is -2.08. The number of anilines is 1. The van der Waals surface area contributed by atoms with Crippen LogP contribution in [-0.2, 0) is 0 Å². The molecule has 3 rings (SSSR count). The molecule has 0 spiro atoms. The van der Waals surface area contributed by atoms with Gasteiger partial charge in [-0.15, -0.1) is 0 Å². The van der Waals surface area contributed by atoms with E-state index in [9.17, 15) is 0 Å². The minimum atomic E-state index is 0.444. The summed E-state index contributed by atoms with van der Waals surface area (Å²) >= 11 is 13.3. The van der Waals surface area contributed by atoms with Gasteiger partial charge in [0, 0.05) is 14.5 Å². The van der Waals surface area contributed by atoms with E-state index in [4.69, 9.17) is 17.3 Å². The summed E-state index contributed by atoms with van der Waals surface area (Å²) in [5.74, 6) is 0.444. The van der Waals surface area contributed by atoms with E-state index in [1.807, 2.05) is 42.5 Å². The molecule has 3 nitrogen and oxygen atoms in total. The average Bonchev–Trinajstić information content (AvgIpc) is 2.83. The van der Waals surface area contributed by atoms with Crippen LogP contribution in [0.5, 0.6) is 0 Å². The van der Waals surface area contributed by atoms with Crippen LogP contribution in [0.4, 0.5) is 5.82 Å². The second-order valence-electron chi connectivity index (χ2n) is 4.47. The quantitative estimate of drug-likeness (QED) is 0.567. The van der Waals surface area contributed by atoms with Gasteiger partial charge in [0.1, 0.15) is 0 Å². The first-order valence-corrected chi connectivity index (χ1v) is 8.08. The molecule has 2 aromatic carbocycles. The SMILES string of the molecule is Nc1n[nH]c(-c2cccc(Br)c2Cl)c1-c1cccc(Br)c1. The molecule has 0 aliphatic rings. The Bertz CT molecular complexity index is 814. The van der Waals surface area contributed by atoms with E-state index < -0.39 is 0 Å². The third-order valence-corrected chi connectivity index (χ3v) is 4.92. The maximum Gasteiger partial charge on any atom is 0.153 e. The Labute approximate surface area is 143 Å². The summed E-state index contributed by atoms with van der Waals surface area (Å²) in [4.78, 5) is 0. The number of rotatable bonds is 2. The van der Waals surface area contributed by atoms with Gasteiger partial charge in [0.25, 0.3) is 0 Å². The van der Waals surface area contributed by atoms with Crippen molar-refractivity contribution < 1.29 is 0 Å². The van der Waals surface area contributed by atoms with Crippen LogP contribution in [0.3, 0.4) is 0 Å². The van der Waals surface area contributed by atoms with Crippen molar-refractivity contribution in [2.24, 2.45) is 0 Å². The first-order chi connectivity index (χ1) is 10.1. The Balaban J connectivity index is 2.24. The van der Waals surface area contributed by atoms with E-state index in [-0.39, 0.29) is 0 Å². The number of nitrogens with zero attached hydrogens (tertiary/aromatic N) is 1. The zero-order chi connectivity index (χ0) is 15.0. The predicted octanol–water partition coefficient (Wildman–Crippen LogP) is 5.50. The van der Waals surface area contributed by atoms with Gasteiger partial charge < -0.3 is 5.73 Å². The van der Waals surface area contributed by atoms with Crippen molar-refractivity contribution >= 4 is 49.3 Å². The number of hydrogen-bond acceptors (Lipinski definition) is 2. The molecule has 0 aliphatic carbocycles. The van der Waals surface area contributed by atoms with Crippen molar-refractivity contribution in [3.63, 3.8) is 0 Å². The van der Waals surface area contributed by atoms with Crippen LogP contribution >= 0.6 is 43.5 Å². The lowest BCUT2D eigenvalue weighted by molar-refractivity contribution is 1.10. The van der Waals surface area contributed by atoms with Gasteiger partial charge in [-0.05, 0) is 39.7 Å². The highest BCUT2D eigenvalue weighted by Gasteiger charge is 2.17. The fourth-order valence-corrected chi connectivity index (χ4v) is 3.17. The molecule has 0 atom stereocenters. The number of aromatic nitrogens is 2. The molecule has 3 N–H and O–H groups in total. The molecule has 0 saturated heterocycles. The molecular formula is C15H10Br2ClN3. The van der Waals surface area contributed by atoms with Crippen molar-refractivity contribution in [3.05, 3.63) is 56.4 Å².